The highest BCUT2D eigenvalue weighted by Crippen LogP contribution is 2.23. The molecule has 0 amide bonds. The first kappa shape index (κ1) is 14.7. The summed E-state index contributed by atoms with van der Waals surface area (Å²) in [6, 6.07) is 0.0392. The van der Waals surface area contributed by atoms with Crippen molar-refractivity contribution < 1.29 is 13.2 Å². The minimum Gasteiger partial charge on any atom is -0.385 e. The van der Waals surface area contributed by atoms with Gasteiger partial charge < -0.3 is 10.5 Å². The number of nitrogens with one attached hydrogen (secondary N) is 1. The molecule has 2 aliphatic rings. The summed E-state index contributed by atoms with van der Waals surface area (Å²) < 4.78 is 33.5. The Morgan fingerprint density at radius 2 is 2.11 bits per heavy atom. The molecule has 0 radical (unpaired) electrons. The number of hydrogen-bond donors (Lipinski definition) is 2. The van der Waals surface area contributed by atoms with Crippen LogP contribution in [-0.4, -0.2) is 61.3 Å². The average molecular weight is 290 g/mol. The quantitative estimate of drug-likeness (QED) is 0.552. The van der Waals surface area contributed by atoms with Crippen LogP contribution in [0.5, 0.6) is 0 Å². The minimum atomic E-state index is -3.47. The van der Waals surface area contributed by atoms with Gasteiger partial charge in [0.2, 0.25) is 0 Å². The van der Waals surface area contributed by atoms with Crippen LogP contribution < -0.4 is 5.73 Å². The molecule has 110 valence electrons. The lowest BCUT2D eigenvalue weighted by Crippen LogP contribution is -2.56. The van der Waals surface area contributed by atoms with E-state index < -0.39 is 16.3 Å². The van der Waals surface area contributed by atoms with Crippen molar-refractivity contribution in [3.8, 4) is 0 Å². The summed E-state index contributed by atoms with van der Waals surface area (Å²) >= 11 is 0. The highest BCUT2D eigenvalue weighted by Gasteiger charge is 2.37. The van der Waals surface area contributed by atoms with Gasteiger partial charge in [-0.2, -0.15) is 17.0 Å². The monoisotopic (exact) mass is 290 g/mol. The molecular formula is C11H22N4O3S. The molecule has 0 aliphatic carbocycles. The number of hydrogen-bond acceptors (Lipinski definition) is 4. The number of piperidine rings is 1. The molecule has 2 atom stereocenters. The van der Waals surface area contributed by atoms with Crippen molar-refractivity contribution in [1.29, 1.82) is 5.41 Å². The third-order valence-electron chi connectivity index (χ3n) is 3.74. The van der Waals surface area contributed by atoms with Crippen molar-refractivity contribution in [1.82, 2.24) is 8.61 Å². The van der Waals surface area contributed by atoms with E-state index in [0.29, 0.717) is 13.1 Å². The topological polar surface area (TPSA) is 99.7 Å². The molecule has 2 saturated heterocycles. The summed E-state index contributed by atoms with van der Waals surface area (Å²) in [6.07, 6.45) is 2.26. The molecule has 7 nitrogen and oxygen atoms in total. The third-order valence-corrected chi connectivity index (χ3v) is 5.86. The summed E-state index contributed by atoms with van der Waals surface area (Å²) in [5.74, 6) is -0.119. The van der Waals surface area contributed by atoms with Crippen molar-refractivity contribution in [2.24, 2.45) is 5.73 Å². The Kier molecular flexibility index (Phi) is 4.44. The van der Waals surface area contributed by atoms with Gasteiger partial charge in [0.05, 0.1) is 6.61 Å². The summed E-state index contributed by atoms with van der Waals surface area (Å²) in [5, 5.41) is 7.39. The van der Waals surface area contributed by atoms with Gasteiger partial charge in [-0.1, -0.05) is 6.42 Å². The first-order chi connectivity index (χ1) is 8.93. The zero-order valence-electron chi connectivity index (χ0n) is 11.2. The number of nitrogens with zero attached hydrogens (tertiary/aromatic N) is 2. The zero-order valence-corrected chi connectivity index (χ0v) is 12.0. The molecule has 0 saturated carbocycles. The second-order valence-electron chi connectivity index (χ2n) is 5.14. The standard InChI is InChI=1S/C11H22N4O3S/c1-9-4-2-3-5-15(9)19(16,17)14-6-7-18-10(8-14)11(12)13/h9-10H,2-8H2,1H3,(H3,12,13). The van der Waals surface area contributed by atoms with Crippen LogP contribution in [0.2, 0.25) is 0 Å². The Balaban J connectivity index is 2.12. The summed E-state index contributed by atoms with van der Waals surface area (Å²) in [4.78, 5) is 0. The van der Waals surface area contributed by atoms with Gasteiger partial charge in [-0.15, -0.1) is 0 Å². The van der Waals surface area contributed by atoms with Crippen molar-refractivity contribution >= 4 is 16.0 Å². The van der Waals surface area contributed by atoms with Gasteiger partial charge in [-0.25, -0.2) is 0 Å². The molecule has 19 heavy (non-hydrogen) atoms. The third kappa shape index (κ3) is 3.07. The van der Waals surface area contributed by atoms with E-state index >= 15 is 0 Å². The molecule has 0 aromatic rings. The average Bonchev–Trinajstić information content (AvgIpc) is 2.39. The SMILES string of the molecule is CC1CCCCN1S(=O)(=O)N1CCOC(C(=N)N)C1. The molecule has 2 aliphatic heterocycles. The van der Waals surface area contributed by atoms with Crippen LogP contribution in [0.1, 0.15) is 26.2 Å². The predicted molar refractivity (Wildman–Crippen MR) is 72.2 cm³/mol. The summed E-state index contributed by atoms with van der Waals surface area (Å²) in [5.41, 5.74) is 5.40. The normalized spacial score (nSPS) is 31.2. The van der Waals surface area contributed by atoms with Crippen molar-refractivity contribution in [3.63, 3.8) is 0 Å². The van der Waals surface area contributed by atoms with Gasteiger partial charge in [0.15, 0.2) is 0 Å². The van der Waals surface area contributed by atoms with Gasteiger partial charge in [0, 0.05) is 25.7 Å². The van der Waals surface area contributed by atoms with Gasteiger partial charge >= 0.3 is 0 Å². The molecular weight excluding hydrogens is 268 g/mol. The fraction of sp³-hybridized carbons (Fsp3) is 0.909. The summed E-state index contributed by atoms with van der Waals surface area (Å²) in [6.45, 7) is 3.27. The number of nitrogens with two attached hydrogens (primary N) is 1. The molecule has 8 heteroatoms. The van der Waals surface area contributed by atoms with E-state index in [1.54, 1.807) is 4.31 Å². The lowest BCUT2D eigenvalue weighted by Gasteiger charge is -2.39. The van der Waals surface area contributed by atoms with Crippen molar-refractivity contribution in [3.05, 3.63) is 0 Å². The molecule has 2 unspecified atom stereocenters. The highest BCUT2D eigenvalue weighted by molar-refractivity contribution is 7.86. The first-order valence-electron chi connectivity index (χ1n) is 6.65. The van der Waals surface area contributed by atoms with Crippen LogP contribution in [0, 0.1) is 5.41 Å². The maximum atomic E-state index is 12.6. The maximum absolute atomic E-state index is 12.6. The van der Waals surface area contributed by atoms with Crippen LogP contribution in [0.4, 0.5) is 0 Å². The van der Waals surface area contributed by atoms with Crippen LogP contribution in [0.3, 0.4) is 0 Å². The largest absolute Gasteiger partial charge is 0.385 e. The van der Waals surface area contributed by atoms with Gasteiger partial charge in [0.1, 0.15) is 11.9 Å². The van der Waals surface area contributed by atoms with Gasteiger partial charge in [0.25, 0.3) is 10.2 Å². The molecule has 0 spiro atoms. The second-order valence-corrected chi connectivity index (χ2v) is 7.02. The van der Waals surface area contributed by atoms with Crippen molar-refractivity contribution in [2.45, 2.75) is 38.3 Å². The zero-order chi connectivity index (χ0) is 14.0. The van der Waals surface area contributed by atoms with E-state index in [9.17, 15) is 8.42 Å². The smallest absolute Gasteiger partial charge is 0.282 e. The van der Waals surface area contributed by atoms with Crippen LogP contribution in [-0.2, 0) is 14.9 Å². The van der Waals surface area contributed by atoms with E-state index in [1.165, 1.54) is 4.31 Å². The number of amidine groups is 1. The molecule has 3 N–H and O–H groups in total. The Morgan fingerprint density at radius 1 is 1.37 bits per heavy atom. The first-order valence-corrected chi connectivity index (χ1v) is 8.05. The molecule has 2 heterocycles. The Hall–Kier alpha value is -0.700. The van der Waals surface area contributed by atoms with Crippen LogP contribution >= 0.6 is 0 Å². The minimum absolute atomic E-state index is 0.0392. The van der Waals surface area contributed by atoms with E-state index in [0.717, 1.165) is 19.3 Å². The number of ether oxygens (including phenoxy) is 1. The van der Waals surface area contributed by atoms with Crippen LogP contribution in [0.25, 0.3) is 0 Å². The fourth-order valence-corrected chi connectivity index (χ4v) is 4.43. The maximum Gasteiger partial charge on any atom is 0.282 e. The molecule has 2 rings (SSSR count). The Labute approximate surface area is 114 Å². The van der Waals surface area contributed by atoms with E-state index in [-0.39, 0.29) is 25.0 Å². The molecule has 0 aromatic carbocycles. The highest BCUT2D eigenvalue weighted by atomic mass is 32.2. The van der Waals surface area contributed by atoms with Gasteiger partial charge in [-0.05, 0) is 19.8 Å². The van der Waals surface area contributed by atoms with E-state index in [2.05, 4.69) is 0 Å². The second kappa shape index (κ2) is 5.74. The number of rotatable bonds is 3. The predicted octanol–water partition coefficient (Wildman–Crippen LogP) is -0.258. The van der Waals surface area contributed by atoms with Crippen LogP contribution in [0.15, 0.2) is 0 Å². The fourth-order valence-electron chi connectivity index (χ4n) is 2.59. The molecule has 2 fully saturated rings. The summed E-state index contributed by atoms with van der Waals surface area (Å²) in [7, 11) is -3.47. The van der Waals surface area contributed by atoms with Crippen molar-refractivity contribution in [2.75, 3.05) is 26.2 Å². The lowest BCUT2D eigenvalue weighted by molar-refractivity contribution is 0.0335. The number of morpholine rings is 1. The molecule has 0 bridgehead atoms. The Morgan fingerprint density at radius 3 is 2.74 bits per heavy atom. The lowest BCUT2D eigenvalue weighted by atomic mass is 10.1. The molecule has 0 aromatic heterocycles. The van der Waals surface area contributed by atoms with E-state index in [1.807, 2.05) is 6.92 Å². The van der Waals surface area contributed by atoms with E-state index in [4.69, 9.17) is 15.9 Å². The Bertz CT molecular complexity index is 439. The van der Waals surface area contributed by atoms with Gasteiger partial charge in [-0.3, -0.25) is 5.41 Å².